The molecule has 0 aliphatic carbocycles. The molecule has 1 aromatic heterocycles. The maximum atomic E-state index is 13.6. The van der Waals surface area contributed by atoms with E-state index in [-0.39, 0.29) is 10.7 Å². The van der Waals surface area contributed by atoms with Gasteiger partial charge in [0.1, 0.15) is 23.5 Å². The van der Waals surface area contributed by atoms with Crippen LogP contribution in [0.1, 0.15) is 17.1 Å². The number of aromatic nitrogens is 2. The number of hydrogen-bond donors (Lipinski definition) is 2. The van der Waals surface area contributed by atoms with Gasteiger partial charge >= 0.3 is 6.18 Å². The zero-order valence-electron chi connectivity index (χ0n) is 20.2. The molecule has 4 aromatic rings. The normalized spacial score (nSPS) is 14.2. The molecule has 0 unspecified atom stereocenters. The standard InChI is InChI=1S/C26H21F4N5O2S/c1-16-32-25(26(28,29)30)15-34(16)22-11-8-19(18-4-3-5-21(12-18)38(2,36)37)13-23(22)35-24(14-31-33-35)17-6-9-20(27)10-7-17/h3-15,31,33H,1-2H3/p+1. The van der Waals surface area contributed by atoms with Gasteiger partial charge in [-0.1, -0.05) is 23.7 Å². The van der Waals surface area contributed by atoms with Gasteiger partial charge in [0.2, 0.25) is 0 Å². The predicted octanol–water partition coefficient (Wildman–Crippen LogP) is 4.21. The molecule has 1 aliphatic heterocycles. The summed E-state index contributed by atoms with van der Waals surface area (Å²) >= 11 is 0. The van der Waals surface area contributed by atoms with Crippen LogP contribution in [0.25, 0.3) is 22.5 Å². The summed E-state index contributed by atoms with van der Waals surface area (Å²) in [6, 6.07) is 17.3. The van der Waals surface area contributed by atoms with E-state index in [1.54, 1.807) is 65.2 Å². The van der Waals surface area contributed by atoms with Gasteiger partial charge in [0.05, 0.1) is 16.3 Å². The lowest BCUT2D eigenvalue weighted by molar-refractivity contribution is -0.640. The number of nitrogens with one attached hydrogen (secondary N) is 1. The molecule has 0 saturated carbocycles. The van der Waals surface area contributed by atoms with Crippen LogP contribution < -0.4 is 16.0 Å². The number of anilines is 1. The van der Waals surface area contributed by atoms with Crippen LogP contribution in [-0.2, 0) is 16.0 Å². The molecular weight excluding hydrogens is 522 g/mol. The summed E-state index contributed by atoms with van der Waals surface area (Å²) in [5.41, 5.74) is 7.11. The van der Waals surface area contributed by atoms with Crippen molar-refractivity contribution < 1.29 is 31.4 Å². The fraction of sp³-hybridized carbons (Fsp3) is 0.115. The summed E-state index contributed by atoms with van der Waals surface area (Å²) in [5.74, 6) is -0.279. The van der Waals surface area contributed by atoms with Gasteiger partial charge in [-0.15, -0.1) is 0 Å². The van der Waals surface area contributed by atoms with E-state index in [0.717, 1.165) is 12.5 Å². The smallest absolute Gasteiger partial charge is 0.301 e. The second-order valence-electron chi connectivity index (χ2n) is 8.73. The molecule has 0 radical (unpaired) electrons. The lowest BCUT2D eigenvalue weighted by Crippen LogP contribution is -2.87. The number of aryl methyl sites for hydroxylation is 1. The van der Waals surface area contributed by atoms with Gasteiger partial charge in [0.25, 0.3) is 0 Å². The molecule has 0 amide bonds. The van der Waals surface area contributed by atoms with Crippen LogP contribution in [0.4, 0.5) is 23.2 Å². The molecule has 196 valence electrons. The zero-order valence-corrected chi connectivity index (χ0v) is 21.0. The Hall–Kier alpha value is -4.00. The summed E-state index contributed by atoms with van der Waals surface area (Å²) < 4.78 is 79.5. The van der Waals surface area contributed by atoms with E-state index < -0.39 is 27.5 Å². The molecule has 0 saturated heterocycles. The van der Waals surface area contributed by atoms with Gasteiger partial charge in [-0.05, 0) is 66.6 Å². The fourth-order valence-corrected chi connectivity index (χ4v) is 4.89. The number of nitrogens with zero attached hydrogens (tertiary/aromatic N) is 3. The van der Waals surface area contributed by atoms with Crippen molar-refractivity contribution in [3.05, 3.63) is 102 Å². The van der Waals surface area contributed by atoms with Gasteiger partial charge in [-0.2, -0.15) is 13.2 Å². The highest BCUT2D eigenvalue weighted by molar-refractivity contribution is 7.90. The first-order chi connectivity index (χ1) is 17.9. The first-order valence-corrected chi connectivity index (χ1v) is 13.2. The summed E-state index contributed by atoms with van der Waals surface area (Å²) in [5, 5.41) is 1.67. The highest BCUT2D eigenvalue weighted by atomic mass is 32.2. The first kappa shape index (κ1) is 25.6. The Bertz CT molecular complexity index is 1660. The van der Waals surface area contributed by atoms with Gasteiger partial charge in [0.15, 0.2) is 15.5 Å². The highest BCUT2D eigenvalue weighted by Gasteiger charge is 2.35. The number of benzene rings is 3. The van der Waals surface area contributed by atoms with Crippen molar-refractivity contribution in [3.63, 3.8) is 0 Å². The van der Waals surface area contributed by atoms with Crippen LogP contribution in [0.3, 0.4) is 0 Å². The molecule has 1 aliphatic rings. The second-order valence-corrected chi connectivity index (χ2v) is 10.8. The number of imidazole rings is 1. The summed E-state index contributed by atoms with van der Waals surface area (Å²) in [6.07, 6.45) is -0.819. The zero-order chi connectivity index (χ0) is 27.2. The molecule has 0 spiro atoms. The number of hydrazine groups is 1. The van der Waals surface area contributed by atoms with E-state index in [1.807, 2.05) is 0 Å². The Morgan fingerprint density at radius 2 is 1.61 bits per heavy atom. The van der Waals surface area contributed by atoms with E-state index >= 15 is 0 Å². The number of hydrogen-bond acceptors (Lipinski definition) is 5. The maximum Gasteiger partial charge on any atom is 0.434 e. The lowest BCUT2D eigenvalue weighted by Gasteiger charge is -2.23. The first-order valence-electron chi connectivity index (χ1n) is 11.4. The third-order valence-corrected chi connectivity index (χ3v) is 7.18. The lowest BCUT2D eigenvalue weighted by atomic mass is 10.0. The minimum Gasteiger partial charge on any atom is -0.301 e. The number of halogens is 4. The molecule has 0 atom stereocenters. The van der Waals surface area contributed by atoms with Crippen molar-refractivity contribution in [2.75, 3.05) is 11.3 Å². The Kier molecular flexibility index (Phi) is 6.33. The second kappa shape index (κ2) is 9.39. The highest BCUT2D eigenvalue weighted by Crippen LogP contribution is 2.37. The Morgan fingerprint density at radius 1 is 0.921 bits per heavy atom. The van der Waals surface area contributed by atoms with Crippen molar-refractivity contribution in [2.45, 2.75) is 18.0 Å². The summed E-state index contributed by atoms with van der Waals surface area (Å²) in [6.45, 7) is 1.47. The summed E-state index contributed by atoms with van der Waals surface area (Å²) in [4.78, 5) is 3.84. The Balaban J connectivity index is 1.69. The number of sulfone groups is 1. The topological polar surface area (TPSA) is 83.8 Å². The molecule has 38 heavy (non-hydrogen) atoms. The number of quaternary nitrogens is 1. The molecule has 3 N–H and O–H groups in total. The van der Waals surface area contributed by atoms with Crippen molar-refractivity contribution in [2.24, 2.45) is 0 Å². The average Bonchev–Trinajstić information content (AvgIpc) is 3.51. The van der Waals surface area contributed by atoms with E-state index in [9.17, 15) is 26.0 Å². The SMILES string of the molecule is Cc1nc(C(F)(F)F)cn1-c1ccc(-c2cccc(S(C)(=O)=O)c2)cc1N1N[NH2+]C=C1c1ccc(F)cc1. The molecule has 0 bridgehead atoms. The van der Waals surface area contributed by atoms with Gasteiger partial charge in [-0.3, -0.25) is 0 Å². The van der Waals surface area contributed by atoms with Crippen LogP contribution in [0.15, 0.2) is 84.0 Å². The molecular formula is C26H22F4N5O2S+. The van der Waals surface area contributed by atoms with Crippen molar-refractivity contribution in [1.29, 1.82) is 0 Å². The molecule has 7 nitrogen and oxygen atoms in total. The van der Waals surface area contributed by atoms with Gasteiger partial charge in [0, 0.05) is 18.0 Å². The third kappa shape index (κ3) is 4.93. The molecule has 3 aromatic carbocycles. The predicted molar refractivity (Wildman–Crippen MR) is 134 cm³/mol. The van der Waals surface area contributed by atoms with Crippen LogP contribution >= 0.6 is 0 Å². The van der Waals surface area contributed by atoms with Crippen molar-refractivity contribution in [3.8, 4) is 16.8 Å². The maximum absolute atomic E-state index is 13.6. The van der Waals surface area contributed by atoms with Crippen LogP contribution in [0, 0.1) is 12.7 Å². The van der Waals surface area contributed by atoms with Crippen molar-refractivity contribution >= 4 is 21.2 Å². The van der Waals surface area contributed by atoms with Gasteiger partial charge < -0.3 is 4.57 Å². The molecule has 2 heterocycles. The molecule has 5 rings (SSSR count). The van der Waals surface area contributed by atoms with Crippen LogP contribution in [0.5, 0.6) is 0 Å². The molecule has 0 fully saturated rings. The number of nitrogens with two attached hydrogens (primary N) is 1. The minimum atomic E-state index is -4.62. The monoisotopic (exact) mass is 544 g/mol. The Labute approximate surface area is 215 Å². The van der Waals surface area contributed by atoms with Crippen LogP contribution in [-0.4, -0.2) is 24.2 Å². The fourth-order valence-electron chi connectivity index (χ4n) is 4.23. The quantitative estimate of drug-likeness (QED) is 0.291. The van der Waals surface area contributed by atoms with E-state index in [2.05, 4.69) is 10.5 Å². The van der Waals surface area contributed by atoms with E-state index in [1.165, 1.54) is 29.7 Å². The number of alkyl halides is 3. The number of rotatable bonds is 5. The Morgan fingerprint density at radius 3 is 2.26 bits per heavy atom. The van der Waals surface area contributed by atoms with Crippen molar-refractivity contribution in [1.82, 2.24) is 15.1 Å². The average molecular weight is 545 g/mol. The minimum absolute atomic E-state index is 0.126. The van der Waals surface area contributed by atoms with E-state index in [4.69, 9.17) is 0 Å². The van der Waals surface area contributed by atoms with Crippen LogP contribution in [0.2, 0.25) is 0 Å². The largest absolute Gasteiger partial charge is 0.434 e. The third-order valence-electron chi connectivity index (χ3n) is 6.07. The summed E-state index contributed by atoms with van der Waals surface area (Å²) in [7, 11) is -3.46. The molecule has 12 heteroatoms. The van der Waals surface area contributed by atoms with E-state index in [0.29, 0.717) is 33.8 Å². The van der Waals surface area contributed by atoms with Gasteiger partial charge in [-0.25, -0.2) is 28.2 Å².